The number of hydrogen-bond acceptors (Lipinski definition) is 2. The number of H-pyrrole nitrogens is 1. The van der Waals surface area contributed by atoms with Gasteiger partial charge in [0.05, 0.1) is 12.7 Å². The van der Waals surface area contributed by atoms with Crippen molar-refractivity contribution >= 4 is 10.9 Å². The Morgan fingerprint density at radius 2 is 2.13 bits per heavy atom. The summed E-state index contributed by atoms with van der Waals surface area (Å²) in [4.78, 5) is 3.21. The van der Waals surface area contributed by atoms with Gasteiger partial charge in [-0.3, -0.25) is 0 Å². The van der Waals surface area contributed by atoms with Crippen LogP contribution in [0.4, 0.5) is 0 Å². The Morgan fingerprint density at radius 3 is 2.87 bits per heavy atom. The molecule has 0 atom stereocenters. The maximum atomic E-state index is 9.31. The third kappa shape index (κ3) is 2.30. The Hall–Kier alpha value is -1.48. The van der Waals surface area contributed by atoms with Gasteiger partial charge in [0.25, 0.3) is 0 Å². The number of aromatic nitrogens is 1. The Kier molecular flexibility index (Phi) is 2.64. The highest BCUT2D eigenvalue weighted by Crippen LogP contribution is 2.20. The van der Waals surface area contributed by atoms with Gasteiger partial charge in [-0.1, -0.05) is 0 Å². The second-order valence-electron chi connectivity index (χ2n) is 3.93. The molecule has 0 aliphatic heterocycles. The van der Waals surface area contributed by atoms with Gasteiger partial charge in [-0.25, -0.2) is 0 Å². The Morgan fingerprint density at radius 1 is 1.33 bits per heavy atom. The molecule has 0 radical (unpaired) electrons. The summed E-state index contributed by atoms with van der Waals surface area (Å²) in [6.07, 6.45) is 0.227. The molecule has 0 spiro atoms. The molecule has 2 N–H and O–H groups in total. The molecule has 0 aliphatic carbocycles. The van der Waals surface area contributed by atoms with Crippen LogP contribution in [0.25, 0.3) is 10.9 Å². The van der Waals surface area contributed by atoms with Gasteiger partial charge in [0, 0.05) is 22.7 Å². The topological polar surface area (TPSA) is 45.2 Å². The molecule has 15 heavy (non-hydrogen) atoms. The fourth-order valence-corrected chi connectivity index (χ4v) is 1.51. The first kappa shape index (κ1) is 10.1. The van der Waals surface area contributed by atoms with Crippen LogP contribution in [0.2, 0.25) is 0 Å². The normalized spacial score (nSPS) is 11.4. The highest BCUT2D eigenvalue weighted by molar-refractivity contribution is 5.81. The predicted octanol–water partition coefficient (Wildman–Crippen LogP) is 2.80. The van der Waals surface area contributed by atoms with Gasteiger partial charge in [0.15, 0.2) is 0 Å². The number of benzene rings is 1. The van der Waals surface area contributed by atoms with E-state index in [2.05, 4.69) is 4.98 Å². The van der Waals surface area contributed by atoms with E-state index in [1.165, 1.54) is 0 Å². The maximum Gasteiger partial charge on any atom is 0.117 e. The first-order valence-corrected chi connectivity index (χ1v) is 5.07. The van der Waals surface area contributed by atoms with Crippen molar-refractivity contribution in [3.8, 4) is 5.75 Å². The summed E-state index contributed by atoms with van der Waals surface area (Å²) < 4.78 is 5.49. The predicted molar refractivity (Wildman–Crippen MR) is 59.9 cm³/mol. The number of ether oxygens (including phenoxy) is 1. The minimum absolute atomic E-state index is 0.227. The second-order valence-corrected chi connectivity index (χ2v) is 3.93. The van der Waals surface area contributed by atoms with Crippen molar-refractivity contribution in [1.82, 2.24) is 4.98 Å². The van der Waals surface area contributed by atoms with Crippen LogP contribution in [0, 0.1) is 0 Å². The van der Waals surface area contributed by atoms with Gasteiger partial charge in [-0.05, 0) is 32.0 Å². The second kappa shape index (κ2) is 3.95. The van der Waals surface area contributed by atoms with Crippen LogP contribution in [0.5, 0.6) is 5.75 Å². The molecule has 2 aromatic rings. The molecule has 0 bridgehead atoms. The molecular formula is C12H15NO2. The van der Waals surface area contributed by atoms with Crippen LogP contribution in [0.1, 0.15) is 19.5 Å². The Balaban J connectivity index is 2.23. The van der Waals surface area contributed by atoms with Gasteiger partial charge < -0.3 is 14.8 Å². The van der Waals surface area contributed by atoms with E-state index in [0.717, 1.165) is 16.6 Å². The first-order chi connectivity index (χ1) is 7.15. The summed E-state index contributed by atoms with van der Waals surface area (Å²) in [7, 11) is 0. The number of aromatic hydroxyl groups is 1. The molecule has 0 saturated carbocycles. The summed E-state index contributed by atoms with van der Waals surface area (Å²) in [5.74, 6) is 0.278. The van der Waals surface area contributed by atoms with Crippen molar-refractivity contribution in [2.75, 3.05) is 0 Å². The van der Waals surface area contributed by atoms with Crippen LogP contribution < -0.4 is 0 Å². The Labute approximate surface area is 88.7 Å². The quantitative estimate of drug-likeness (QED) is 0.809. The lowest BCUT2D eigenvalue weighted by molar-refractivity contribution is 0.0639. The largest absolute Gasteiger partial charge is 0.508 e. The summed E-state index contributed by atoms with van der Waals surface area (Å²) in [6.45, 7) is 4.59. The smallest absolute Gasteiger partial charge is 0.117 e. The van der Waals surface area contributed by atoms with E-state index in [1.54, 1.807) is 12.1 Å². The molecule has 2 rings (SSSR count). The Bertz CT molecular complexity index is 460. The number of hydrogen-bond donors (Lipinski definition) is 2. The minimum Gasteiger partial charge on any atom is -0.508 e. The van der Waals surface area contributed by atoms with Crippen molar-refractivity contribution in [3.05, 3.63) is 30.0 Å². The van der Waals surface area contributed by atoms with Crippen molar-refractivity contribution in [2.24, 2.45) is 0 Å². The van der Waals surface area contributed by atoms with Crippen molar-refractivity contribution < 1.29 is 9.84 Å². The fraction of sp³-hybridized carbons (Fsp3) is 0.333. The molecule has 0 amide bonds. The lowest BCUT2D eigenvalue weighted by atomic mass is 10.2. The van der Waals surface area contributed by atoms with Gasteiger partial charge in [-0.15, -0.1) is 0 Å². The monoisotopic (exact) mass is 205 g/mol. The molecule has 0 aliphatic rings. The summed E-state index contributed by atoms with van der Waals surface area (Å²) in [5, 5.41) is 10.4. The molecule has 0 fully saturated rings. The summed E-state index contributed by atoms with van der Waals surface area (Å²) in [5.41, 5.74) is 1.97. The van der Waals surface area contributed by atoms with Crippen molar-refractivity contribution in [2.45, 2.75) is 26.6 Å². The summed E-state index contributed by atoms with van der Waals surface area (Å²) >= 11 is 0. The average molecular weight is 205 g/mol. The average Bonchev–Trinajstić information content (AvgIpc) is 2.56. The van der Waals surface area contributed by atoms with Gasteiger partial charge >= 0.3 is 0 Å². The van der Waals surface area contributed by atoms with E-state index < -0.39 is 0 Å². The first-order valence-electron chi connectivity index (χ1n) is 5.07. The van der Waals surface area contributed by atoms with Crippen LogP contribution >= 0.6 is 0 Å². The van der Waals surface area contributed by atoms with Gasteiger partial charge in [-0.2, -0.15) is 0 Å². The van der Waals surface area contributed by atoms with Crippen molar-refractivity contribution in [3.63, 3.8) is 0 Å². The van der Waals surface area contributed by atoms with Crippen LogP contribution in [-0.2, 0) is 11.3 Å². The molecule has 3 nitrogen and oxygen atoms in total. The standard InChI is InChI=1S/C12H15NO2/c1-8(2)15-7-10-5-9-3-4-11(14)6-12(9)13-10/h3-6,8,13-14H,7H2,1-2H3. The van der Waals surface area contributed by atoms with Gasteiger partial charge in [0.2, 0.25) is 0 Å². The fourth-order valence-electron chi connectivity index (χ4n) is 1.51. The zero-order valence-corrected chi connectivity index (χ0v) is 8.95. The third-order valence-corrected chi connectivity index (χ3v) is 2.23. The van der Waals surface area contributed by atoms with Crippen molar-refractivity contribution in [1.29, 1.82) is 0 Å². The zero-order chi connectivity index (χ0) is 10.8. The number of fused-ring (bicyclic) bond motifs is 1. The van der Waals surface area contributed by atoms with Crippen LogP contribution in [-0.4, -0.2) is 16.2 Å². The molecule has 1 aromatic heterocycles. The van der Waals surface area contributed by atoms with Crippen LogP contribution in [0.3, 0.4) is 0 Å². The van der Waals surface area contributed by atoms with Crippen LogP contribution in [0.15, 0.2) is 24.3 Å². The van der Waals surface area contributed by atoms with E-state index in [9.17, 15) is 5.11 Å². The lowest BCUT2D eigenvalue weighted by Gasteiger charge is -2.04. The number of phenolic OH excluding ortho intramolecular Hbond substituents is 1. The van der Waals surface area contributed by atoms with E-state index >= 15 is 0 Å². The minimum atomic E-state index is 0.227. The number of aromatic amines is 1. The van der Waals surface area contributed by atoms with Gasteiger partial charge in [0.1, 0.15) is 5.75 Å². The van der Waals surface area contributed by atoms with E-state index in [-0.39, 0.29) is 11.9 Å². The van der Waals surface area contributed by atoms with E-state index in [1.807, 2.05) is 26.0 Å². The molecule has 0 saturated heterocycles. The SMILES string of the molecule is CC(C)OCc1cc2ccc(O)cc2[nH]1. The molecule has 1 aromatic carbocycles. The molecular weight excluding hydrogens is 190 g/mol. The highest BCUT2D eigenvalue weighted by Gasteiger charge is 2.02. The molecule has 1 heterocycles. The number of nitrogens with one attached hydrogen (secondary N) is 1. The van der Waals surface area contributed by atoms with E-state index in [0.29, 0.717) is 6.61 Å². The maximum absolute atomic E-state index is 9.31. The lowest BCUT2D eigenvalue weighted by Crippen LogP contribution is -2.02. The molecule has 80 valence electrons. The third-order valence-electron chi connectivity index (χ3n) is 2.23. The number of phenols is 1. The highest BCUT2D eigenvalue weighted by atomic mass is 16.5. The summed E-state index contributed by atoms with van der Waals surface area (Å²) in [6, 6.07) is 7.33. The van der Waals surface area contributed by atoms with E-state index in [4.69, 9.17) is 4.74 Å². The molecule has 0 unspecified atom stereocenters. The number of rotatable bonds is 3. The zero-order valence-electron chi connectivity index (χ0n) is 8.95. The molecule has 3 heteroatoms.